The van der Waals surface area contributed by atoms with Crippen molar-refractivity contribution >= 4 is 43.1 Å². The molecule has 122 valence electrons. The van der Waals surface area contributed by atoms with Gasteiger partial charge in [0.15, 0.2) is 0 Å². The van der Waals surface area contributed by atoms with Crippen molar-refractivity contribution in [2.45, 2.75) is 0 Å². The summed E-state index contributed by atoms with van der Waals surface area (Å²) in [5.74, 6) is 0. The predicted octanol–water partition coefficient (Wildman–Crippen LogP) is 7.42. The standard InChI is InChI=1S/C20H12.C6H6/c1-2-7-17-15(4-1)12-16-9-8-13-5-3-6-14-10-11-18(17)20(16)19(13)14;1-2-4-6-5-3-1/h1-12H;1-6H. The number of hydrogen-bond donors (Lipinski definition) is 0. The molecule has 0 nitrogen and oxygen atoms in total. The van der Waals surface area contributed by atoms with Gasteiger partial charge in [-0.25, -0.2) is 0 Å². The zero-order valence-corrected chi connectivity index (χ0v) is 14.4. The van der Waals surface area contributed by atoms with Crippen LogP contribution in [0.2, 0.25) is 0 Å². The van der Waals surface area contributed by atoms with Crippen LogP contribution in [0.3, 0.4) is 0 Å². The lowest BCUT2D eigenvalue weighted by molar-refractivity contribution is 1.72. The van der Waals surface area contributed by atoms with Crippen molar-refractivity contribution in [3.63, 3.8) is 0 Å². The van der Waals surface area contributed by atoms with Crippen molar-refractivity contribution in [2.24, 2.45) is 0 Å². The van der Waals surface area contributed by atoms with E-state index in [1.807, 2.05) is 36.4 Å². The Hall–Kier alpha value is -3.38. The first-order valence-electron chi connectivity index (χ1n) is 8.97. The van der Waals surface area contributed by atoms with Crippen molar-refractivity contribution in [1.82, 2.24) is 0 Å². The third-order valence-corrected chi connectivity index (χ3v) is 5.04. The first-order valence-corrected chi connectivity index (χ1v) is 8.97. The highest BCUT2D eigenvalue weighted by Crippen LogP contribution is 2.38. The van der Waals surface area contributed by atoms with E-state index in [0.717, 1.165) is 0 Å². The summed E-state index contributed by atoms with van der Waals surface area (Å²) < 4.78 is 0. The van der Waals surface area contributed by atoms with E-state index >= 15 is 0 Å². The van der Waals surface area contributed by atoms with E-state index in [0.29, 0.717) is 0 Å². The smallest absolute Gasteiger partial charge is 0.00204 e. The molecule has 6 rings (SSSR count). The summed E-state index contributed by atoms with van der Waals surface area (Å²) >= 11 is 0. The van der Waals surface area contributed by atoms with Crippen molar-refractivity contribution in [3.8, 4) is 0 Å². The summed E-state index contributed by atoms with van der Waals surface area (Å²) in [4.78, 5) is 0. The maximum absolute atomic E-state index is 2.31. The third-order valence-electron chi connectivity index (χ3n) is 5.04. The number of hydrogen-bond acceptors (Lipinski definition) is 0. The van der Waals surface area contributed by atoms with E-state index in [-0.39, 0.29) is 0 Å². The van der Waals surface area contributed by atoms with Gasteiger partial charge in [-0.1, -0.05) is 103 Å². The molecule has 0 unspecified atom stereocenters. The normalized spacial score (nSPS) is 11.1. The van der Waals surface area contributed by atoms with Crippen LogP contribution in [-0.4, -0.2) is 0 Å². The van der Waals surface area contributed by atoms with Gasteiger partial charge in [-0.2, -0.15) is 0 Å². The highest BCUT2D eigenvalue weighted by Gasteiger charge is 2.09. The van der Waals surface area contributed by atoms with Gasteiger partial charge in [0, 0.05) is 0 Å². The van der Waals surface area contributed by atoms with Crippen LogP contribution in [0.1, 0.15) is 0 Å². The highest BCUT2D eigenvalue weighted by atomic mass is 14.1. The zero-order valence-electron chi connectivity index (χ0n) is 14.4. The third kappa shape index (κ3) is 2.39. The van der Waals surface area contributed by atoms with E-state index in [2.05, 4.69) is 72.8 Å². The van der Waals surface area contributed by atoms with Gasteiger partial charge < -0.3 is 0 Å². The fraction of sp³-hybridized carbons (Fsp3) is 0. The van der Waals surface area contributed by atoms with E-state index in [1.54, 1.807) is 0 Å². The maximum Gasteiger partial charge on any atom is -0.00204 e. The molecule has 6 aromatic rings. The van der Waals surface area contributed by atoms with Gasteiger partial charge >= 0.3 is 0 Å². The lowest BCUT2D eigenvalue weighted by atomic mass is 9.91. The molecule has 0 aliphatic carbocycles. The molecule has 0 bridgehead atoms. The largest absolute Gasteiger partial charge is 0.0623 e. The SMILES string of the molecule is c1ccc2c(c1)cc1ccc3cccc4ccc2c1c34.c1ccccc1. The summed E-state index contributed by atoms with van der Waals surface area (Å²) in [6.07, 6.45) is 0. The maximum atomic E-state index is 2.31. The van der Waals surface area contributed by atoms with Crippen molar-refractivity contribution in [3.05, 3.63) is 109 Å². The first kappa shape index (κ1) is 14.9. The van der Waals surface area contributed by atoms with Crippen LogP contribution < -0.4 is 0 Å². The highest BCUT2D eigenvalue weighted by molar-refractivity contribution is 6.28. The molecule has 0 aliphatic heterocycles. The van der Waals surface area contributed by atoms with E-state index in [1.165, 1.54) is 43.1 Å². The Kier molecular flexibility index (Phi) is 3.54. The average Bonchev–Trinajstić information content (AvgIpc) is 2.73. The van der Waals surface area contributed by atoms with Crippen molar-refractivity contribution in [1.29, 1.82) is 0 Å². The second kappa shape index (κ2) is 6.16. The van der Waals surface area contributed by atoms with Gasteiger partial charge in [-0.3, -0.25) is 0 Å². The Morgan fingerprint density at radius 3 is 1.62 bits per heavy atom. The summed E-state index contributed by atoms with van der Waals surface area (Å²) in [6.45, 7) is 0. The molecule has 0 saturated carbocycles. The number of rotatable bonds is 0. The fourth-order valence-corrected chi connectivity index (χ4v) is 3.87. The Bertz CT molecular complexity index is 1270. The molecule has 0 heteroatoms. The summed E-state index contributed by atoms with van der Waals surface area (Å²) in [5.41, 5.74) is 0. The van der Waals surface area contributed by atoms with Crippen molar-refractivity contribution < 1.29 is 0 Å². The van der Waals surface area contributed by atoms with Crippen LogP contribution in [0.4, 0.5) is 0 Å². The second-order valence-electron chi connectivity index (χ2n) is 6.61. The van der Waals surface area contributed by atoms with Crippen LogP contribution >= 0.6 is 0 Å². The lowest BCUT2D eigenvalue weighted by Crippen LogP contribution is -1.85. The van der Waals surface area contributed by atoms with Gasteiger partial charge in [0.25, 0.3) is 0 Å². The molecule has 0 aliphatic rings. The quantitative estimate of drug-likeness (QED) is 0.201. The molecule has 0 saturated heterocycles. The minimum Gasteiger partial charge on any atom is -0.0623 e. The number of fused-ring (bicyclic) bond motifs is 2. The molecule has 0 radical (unpaired) electrons. The summed E-state index contributed by atoms with van der Waals surface area (Å²) in [5, 5.41) is 10.8. The molecule has 0 aromatic heterocycles. The van der Waals surface area contributed by atoms with E-state index in [4.69, 9.17) is 0 Å². The molecule has 6 aromatic carbocycles. The van der Waals surface area contributed by atoms with Crippen LogP contribution in [0.15, 0.2) is 109 Å². The minimum atomic E-state index is 1.32. The van der Waals surface area contributed by atoms with Crippen LogP contribution in [0.5, 0.6) is 0 Å². The Labute approximate surface area is 152 Å². The van der Waals surface area contributed by atoms with Crippen LogP contribution in [0, 0.1) is 0 Å². The Morgan fingerprint density at radius 2 is 0.885 bits per heavy atom. The fourth-order valence-electron chi connectivity index (χ4n) is 3.87. The summed E-state index contributed by atoms with van der Waals surface area (Å²) in [6, 6.07) is 38.5. The second-order valence-corrected chi connectivity index (χ2v) is 6.61. The molecule has 0 spiro atoms. The molecule has 0 fully saturated rings. The molecular formula is C26H18. The molecular weight excluding hydrogens is 312 g/mol. The van der Waals surface area contributed by atoms with Gasteiger partial charge in [-0.15, -0.1) is 0 Å². The van der Waals surface area contributed by atoms with Crippen molar-refractivity contribution in [2.75, 3.05) is 0 Å². The predicted molar refractivity (Wildman–Crippen MR) is 114 cm³/mol. The molecule has 26 heavy (non-hydrogen) atoms. The lowest BCUT2D eigenvalue weighted by Gasteiger charge is -2.12. The molecule has 0 atom stereocenters. The van der Waals surface area contributed by atoms with Crippen LogP contribution in [0.25, 0.3) is 43.1 Å². The topological polar surface area (TPSA) is 0 Å². The van der Waals surface area contributed by atoms with E-state index < -0.39 is 0 Å². The molecule has 0 N–H and O–H groups in total. The Morgan fingerprint density at radius 1 is 0.308 bits per heavy atom. The average molecular weight is 330 g/mol. The summed E-state index contributed by atoms with van der Waals surface area (Å²) in [7, 11) is 0. The van der Waals surface area contributed by atoms with Gasteiger partial charge in [-0.05, 0) is 49.2 Å². The van der Waals surface area contributed by atoms with Crippen LogP contribution in [-0.2, 0) is 0 Å². The van der Waals surface area contributed by atoms with Gasteiger partial charge in [0.2, 0.25) is 0 Å². The van der Waals surface area contributed by atoms with Gasteiger partial charge in [0.1, 0.15) is 0 Å². The number of benzene rings is 6. The molecule has 0 amide bonds. The first-order chi connectivity index (χ1) is 12.9. The van der Waals surface area contributed by atoms with Gasteiger partial charge in [0.05, 0.1) is 0 Å². The zero-order chi connectivity index (χ0) is 17.3. The monoisotopic (exact) mass is 330 g/mol. The Balaban J connectivity index is 0.000000215. The minimum absolute atomic E-state index is 1.32. The molecule has 0 heterocycles. The van der Waals surface area contributed by atoms with E-state index in [9.17, 15) is 0 Å².